The van der Waals surface area contributed by atoms with E-state index in [-0.39, 0.29) is 36.7 Å². The Labute approximate surface area is 246 Å². The van der Waals surface area contributed by atoms with Crippen molar-refractivity contribution in [1.82, 2.24) is 25.2 Å². The standard InChI is InChI=1S/C28H43N7O5.ClH/c1-26(2,40)21-15-31-33-35(21)18-12-20(24(38)32-28(22(36)23(30)37)8-4-3-5-9-28)34(16-18)25(39)19(29)14-27-10-6-17(13-27)7-11-27;/h15,17-20,40H,3-14,16,29H2,1-2H3,(H2,30,37)(H,32,38);1H. The van der Waals surface area contributed by atoms with E-state index in [9.17, 15) is 24.3 Å². The van der Waals surface area contributed by atoms with Gasteiger partial charge < -0.3 is 26.8 Å². The van der Waals surface area contributed by atoms with Crippen LogP contribution in [0.5, 0.6) is 0 Å². The molecular formula is C28H44ClN7O5. The van der Waals surface area contributed by atoms with Gasteiger partial charge in [-0.25, -0.2) is 4.68 Å². The smallest absolute Gasteiger partial charge is 0.287 e. The number of carbonyl (C=O) groups is 4. The van der Waals surface area contributed by atoms with Gasteiger partial charge in [0.2, 0.25) is 17.6 Å². The van der Waals surface area contributed by atoms with Crippen LogP contribution in [0, 0.1) is 11.3 Å². The molecular weight excluding hydrogens is 550 g/mol. The number of nitrogens with one attached hydrogen (secondary N) is 1. The lowest BCUT2D eigenvalue weighted by Crippen LogP contribution is -2.62. The van der Waals surface area contributed by atoms with Crippen molar-refractivity contribution in [3.8, 4) is 0 Å². The number of primary amides is 1. The summed E-state index contributed by atoms with van der Waals surface area (Å²) < 4.78 is 1.57. The summed E-state index contributed by atoms with van der Waals surface area (Å²) in [6.45, 7) is 3.40. The topological polar surface area (TPSA) is 187 Å². The van der Waals surface area contributed by atoms with E-state index in [4.69, 9.17) is 11.5 Å². The molecule has 228 valence electrons. The predicted octanol–water partition coefficient (Wildman–Crippen LogP) is 1.24. The van der Waals surface area contributed by atoms with Crippen molar-refractivity contribution in [3.05, 3.63) is 11.9 Å². The summed E-state index contributed by atoms with van der Waals surface area (Å²) in [5.74, 6) is -1.98. The van der Waals surface area contributed by atoms with Crippen molar-refractivity contribution in [3.63, 3.8) is 0 Å². The molecule has 0 aromatic carbocycles. The van der Waals surface area contributed by atoms with Crippen molar-refractivity contribution in [2.24, 2.45) is 22.8 Å². The van der Waals surface area contributed by atoms with Gasteiger partial charge in [0.25, 0.3) is 5.91 Å². The number of ketones is 1. The van der Waals surface area contributed by atoms with E-state index in [1.54, 1.807) is 18.5 Å². The lowest BCUT2D eigenvalue weighted by Gasteiger charge is -2.37. The van der Waals surface area contributed by atoms with Gasteiger partial charge in [-0.05, 0) is 76.5 Å². The molecule has 1 aromatic rings. The Morgan fingerprint density at radius 2 is 1.80 bits per heavy atom. The first-order valence-corrected chi connectivity index (χ1v) is 14.7. The number of hydrogen-bond donors (Lipinski definition) is 4. The normalized spacial score (nSPS) is 29.6. The zero-order chi connectivity index (χ0) is 28.9. The summed E-state index contributed by atoms with van der Waals surface area (Å²) in [6, 6.07) is -2.13. The zero-order valence-electron chi connectivity index (χ0n) is 24.0. The minimum absolute atomic E-state index is 0. The van der Waals surface area contributed by atoms with Gasteiger partial charge in [-0.2, -0.15) is 0 Å². The average molecular weight is 594 g/mol. The molecule has 0 spiro atoms. The van der Waals surface area contributed by atoms with Crippen LogP contribution in [-0.4, -0.2) is 72.7 Å². The molecule has 4 fully saturated rings. The second-order valence-electron chi connectivity index (χ2n) is 13.3. The molecule has 1 aromatic heterocycles. The molecule has 6 N–H and O–H groups in total. The van der Waals surface area contributed by atoms with Gasteiger partial charge in [-0.3, -0.25) is 19.2 Å². The minimum atomic E-state index is -1.37. The van der Waals surface area contributed by atoms with Crippen LogP contribution in [0.3, 0.4) is 0 Å². The van der Waals surface area contributed by atoms with Gasteiger partial charge in [-0.1, -0.05) is 24.5 Å². The molecule has 41 heavy (non-hydrogen) atoms. The molecule has 4 aliphatic rings. The summed E-state index contributed by atoms with van der Waals surface area (Å²) in [5, 5.41) is 21.7. The number of likely N-dealkylation sites (tertiary alicyclic amines) is 1. The Hall–Kier alpha value is -2.57. The number of amides is 3. The first kappa shape index (κ1) is 31.4. The van der Waals surface area contributed by atoms with Gasteiger partial charge in [0.05, 0.1) is 24.0 Å². The van der Waals surface area contributed by atoms with Crippen LogP contribution in [0.4, 0.5) is 0 Å². The minimum Gasteiger partial charge on any atom is -0.384 e. The molecule has 3 saturated carbocycles. The van der Waals surface area contributed by atoms with Gasteiger partial charge in [0, 0.05) is 13.0 Å². The lowest BCUT2D eigenvalue weighted by molar-refractivity contribution is -0.145. The van der Waals surface area contributed by atoms with Gasteiger partial charge >= 0.3 is 0 Å². The molecule has 2 heterocycles. The number of aliphatic hydroxyl groups is 1. The maximum absolute atomic E-state index is 13.9. The first-order valence-electron chi connectivity index (χ1n) is 14.7. The third kappa shape index (κ3) is 6.01. The van der Waals surface area contributed by atoms with Crippen LogP contribution >= 0.6 is 12.4 Å². The van der Waals surface area contributed by atoms with E-state index in [0.29, 0.717) is 37.8 Å². The van der Waals surface area contributed by atoms with Crippen molar-refractivity contribution >= 4 is 35.9 Å². The van der Waals surface area contributed by atoms with Crippen LogP contribution in [0.15, 0.2) is 6.20 Å². The van der Waals surface area contributed by atoms with Crippen molar-refractivity contribution in [2.45, 2.75) is 120 Å². The van der Waals surface area contributed by atoms with Crippen LogP contribution in [-0.2, 0) is 24.8 Å². The van der Waals surface area contributed by atoms with Crippen molar-refractivity contribution in [1.29, 1.82) is 0 Å². The number of nitrogens with two attached hydrogens (primary N) is 2. The molecule has 3 aliphatic carbocycles. The largest absolute Gasteiger partial charge is 0.384 e. The van der Waals surface area contributed by atoms with E-state index in [2.05, 4.69) is 15.6 Å². The second-order valence-corrected chi connectivity index (χ2v) is 13.3. The molecule has 3 atom stereocenters. The molecule has 13 heteroatoms. The van der Waals surface area contributed by atoms with E-state index in [1.807, 2.05) is 0 Å². The Balaban J connectivity index is 0.00000387. The molecule has 3 amide bonds. The zero-order valence-corrected chi connectivity index (χ0v) is 24.8. The summed E-state index contributed by atoms with van der Waals surface area (Å²) in [4.78, 5) is 54.2. The molecule has 0 radical (unpaired) electrons. The quantitative estimate of drug-likeness (QED) is 0.308. The summed E-state index contributed by atoms with van der Waals surface area (Å²) >= 11 is 0. The van der Waals surface area contributed by atoms with Crippen molar-refractivity contribution < 1.29 is 24.3 Å². The number of hydrogen-bond acceptors (Lipinski definition) is 8. The monoisotopic (exact) mass is 593 g/mol. The highest BCUT2D eigenvalue weighted by atomic mass is 35.5. The number of nitrogens with zero attached hydrogens (tertiary/aromatic N) is 4. The maximum atomic E-state index is 13.9. The third-order valence-corrected chi connectivity index (χ3v) is 10.00. The summed E-state index contributed by atoms with van der Waals surface area (Å²) in [7, 11) is 0. The number of aromatic nitrogens is 3. The van der Waals surface area contributed by atoms with Gasteiger partial charge in [-0.15, -0.1) is 17.5 Å². The highest BCUT2D eigenvalue weighted by Crippen LogP contribution is 2.56. The average Bonchev–Trinajstić information content (AvgIpc) is 3.70. The van der Waals surface area contributed by atoms with Crippen LogP contribution in [0.1, 0.15) is 103 Å². The molecule has 5 rings (SSSR count). The Kier molecular flexibility index (Phi) is 8.88. The number of Topliss-reactive ketones (excluding diaryl/α,β-unsaturated/α-hetero) is 1. The number of halogens is 1. The molecule has 1 saturated heterocycles. The fourth-order valence-electron chi connectivity index (χ4n) is 7.92. The van der Waals surface area contributed by atoms with Gasteiger partial charge in [0.1, 0.15) is 17.2 Å². The Morgan fingerprint density at radius 3 is 2.37 bits per heavy atom. The first-order chi connectivity index (χ1) is 18.8. The molecule has 12 nitrogen and oxygen atoms in total. The molecule has 2 bridgehead atoms. The van der Waals surface area contributed by atoms with Crippen LogP contribution in [0.25, 0.3) is 0 Å². The SMILES string of the molecule is CC(C)(O)c1cnnn1C1CC(C(=O)NC2(C(=O)C(N)=O)CCCCC2)N(C(=O)C(N)CC23CCC(CC2)C3)C1.Cl. The fourth-order valence-corrected chi connectivity index (χ4v) is 7.92. The summed E-state index contributed by atoms with van der Waals surface area (Å²) in [6.07, 6.45) is 10.8. The van der Waals surface area contributed by atoms with E-state index >= 15 is 0 Å². The fraction of sp³-hybridized carbons (Fsp3) is 0.786. The second kappa shape index (κ2) is 11.6. The highest BCUT2D eigenvalue weighted by molar-refractivity contribution is 6.39. The number of fused-ring (bicyclic) bond motifs is 2. The Morgan fingerprint density at radius 1 is 1.15 bits per heavy atom. The van der Waals surface area contributed by atoms with Crippen LogP contribution < -0.4 is 16.8 Å². The van der Waals surface area contributed by atoms with Crippen LogP contribution in [0.2, 0.25) is 0 Å². The van der Waals surface area contributed by atoms with Crippen molar-refractivity contribution in [2.75, 3.05) is 6.54 Å². The van der Waals surface area contributed by atoms with E-state index in [1.165, 1.54) is 23.9 Å². The number of rotatable bonds is 9. The van der Waals surface area contributed by atoms with Gasteiger partial charge in [0.15, 0.2) is 0 Å². The number of carbonyl (C=O) groups excluding carboxylic acids is 4. The van der Waals surface area contributed by atoms with E-state index in [0.717, 1.165) is 31.6 Å². The molecule has 3 unspecified atom stereocenters. The lowest BCUT2D eigenvalue weighted by atomic mass is 9.78. The third-order valence-electron chi connectivity index (χ3n) is 10.00. The molecule has 1 aliphatic heterocycles. The summed E-state index contributed by atoms with van der Waals surface area (Å²) in [5.41, 5.74) is 9.90. The maximum Gasteiger partial charge on any atom is 0.287 e. The predicted molar refractivity (Wildman–Crippen MR) is 151 cm³/mol. The Bertz CT molecular complexity index is 1170. The highest BCUT2D eigenvalue weighted by Gasteiger charge is 2.50. The van der Waals surface area contributed by atoms with E-state index < -0.39 is 46.9 Å².